The third-order valence-corrected chi connectivity index (χ3v) is 5.56. The standard InChI is InChI=1S/C22H26N4O/c1-4-26-14-19(16(3)24-26)21-13-18(17-7-5-6-8-20(17)23-21)22(27)25-11-9-15(2)10-12-25/h5-8,13-15H,4,9-12H2,1-3H3. The van der Waals surface area contributed by atoms with E-state index in [1.807, 2.05) is 53.0 Å². The highest BCUT2D eigenvalue weighted by molar-refractivity contribution is 6.07. The second kappa shape index (κ2) is 7.14. The molecule has 0 bridgehead atoms. The summed E-state index contributed by atoms with van der Waals surface area (Å²) in [6, 6.07) is 9.87. The highest BCUT2D eigenvalue weighted by Gasteiger charge is 2.24. The van der Waals surface area contributed by atoms with Gasteiger partial charge >= 0.3 is 0 Å². The molecule has 27 heavy (non-hydrogen) atoms. The van der Waals surface area contributed by atoms with Gasteiger partial charge in [0.2, 0.25) is 0 Å². The van der Waals surface area contributed by atoms with Crippen molar-refractivity contribution in [2.45, 2.75) is 40.2 Å². The van der Waals surface area contributed by atoms with Crippen LogP contribution in [0.25, 0.3) is 22.2 Å². The van der Waals surface area contributed by atoms with E-state index < -0.39 is 0 Å². The van der Waals surface area contributed by atoms with E-state index in [0.29, 0.717) is 5.92 Å². The number of rotatable bonds is 3. The molecule has 0 N–H and O–H groups in total. The van der Waals surface area contributed by atoms with Gasteiger partial charge in [-0.15, -0.1) is 0 Å². The van der Waals surface area contributed by atoms with Gasteiger partial charge in [0.05, 0.1) is 22.5 Å². The summed E-state index contributed by atoms with van der Waals surface area (Å²) in [6.45, 7) is 8.79. The van der Waals surface area contributed by atoms with Crippen LogP contribution in [-0.2, 0) is 6.54 Å². The third-order valence-electron chi connectivity index (χ3n) is 5.56. The zero-order valence-corrected chi connectivity index (χ0v) is 16.3. The minimum Gasteiger partial charge on any atom is -0.339 e. The van der Waals surface area contributed by atoms with Crippen molar-refractivity contribution in [3.05, 3.63) is 47.8 Å². The number of pyridine rings is 1. The van der Waals surface area contributed by atoms with E-state index >= 15 is 0 Å². The molecule has 1 aliphatic rings. The van der Waals surface area contributed by atoms with Gasteiger partial charge < -0.3 is 4.90 Å². The number of carbonyl (C=O) groups is 1. The van der Waals surface area contributed by atoms with Crippen molar-refractivity contribution in [3.63, 3.8) is 0 Å². The molecule has 0 aliphatic carbocycles. The maximum absolute atomic E-state index is 13.3. The average Bonchev–Trinajstić information content (AvgIpc) is 3.08. The van der Waals surface area contributed by atoms with E-state index in [0.717, 1.165) is 65.9 Å². The predicted octanol–water partition coefficient (Wildman–Crippen LogP) is 4.30. The molecule has 0 saturated carbocycles. The molecule has 3 aromatic rings. The highest BCUT2D eigenvalue weighted by Crippen LogP contribution is 2.28. The molecule has 0 atom stereocenters. The number of aromatic nitrogens is 3. The monoisotopic (exact) mass is 362 g/mol. The number of likely N-dealkylation sites (tertiary alicyclic amines) is 1. The molecular formula is C22H26N4O. The number of carbonyl (C=O) groups excluding carboxylic acids is 1. The summed E-state index contributed by atoms with van der Waals surface area (Å²) in [5.74, 6) is 0.809. The van der Waals surface area contributed by atoms with Crippen LogP contribution in [0.2, 0.25) is 0 Å². The highest BCUT2D eigenvalue weighted by atomic mass is 16.2. The number of para-hydroxylation sites is 1. The minimum absolute atomic E-state index is 0.113. The summed E-state index contributed by atoms with van der Waals surface area (Å²) >= 11 is 0. The van der Waals surface area contributed by atoms with Gasteiger partial charge in [0.1, 0.15) is 0 Å². The predicted molar refractivity (Wildman–Crippen MR) is 108 cm³/mol. The first-order valence-corrected chi connectivity index (χ1v) is 9.80. The number of aryl methyl sites for hydroxylation is 2. The van der Waals surface area contributed by atoms with Crippen molar-refractivity contribution < 1.29 is 4.79 Å². The van der Waals surface area contributed by atoms with Gasteiger partial charge in [0.15, 0.2) is 0 Å². The number of nitrogens with zero attached hydrogens (tertiary/aromatic N) is 4. The van der Waals surface area contributed by atoms with Crippen LogP contribution in [0.3, 0.4) is 0 Å². The van der Waals surface area contributed by atoms with Crippen molar-refractivity contribution >= 4 is 16.8 Å². The molecule has 3 heterocycles. The van der Waals surface area contributed by atoms with Crippen LogP contribution >= 0.6 is 0 Å². The molecule has 0 unspecified atom stereocenters. The van der Waals surface area contributed by atoms with Gasteiger partial charge in [0.25, 0.3) is 5.91 Å². The number of hydrogen-bond donors (Lipinski definition) is 0. The largest absolute Gasteiger partial charge is 0.339 e. The maximum atomic E-state index is 13.3. The van der Waals surface area contributed by atoms with Gasteiger partial charge in [-0.2, -0.15) is 5.10 Å². The molecular weight excluding hydrogens is 336 g/mol. The van der Waals surface area contributed by atoms with Gasteiger partial charge in [-0.25, -0.2) is 4.98 Å². The SMILES string of the molecule is CCn1cc(-c2cc(C(=O)N3CCC(C)CC3)c3ccccc3n2)c(C)n1. The quantitative estimate of drug-likeness (QED) is 0.698. The lowest BCUT2D eigenvalue weighted by molar-refractivity contribution is 0.0699. The second-order valence-corrected chi connectivity index (χ2v) is 7.53. The smallest absolute Gasteiger partial charge is 0.254 e. The van der Waals surface area contributed by atoms with E-state index in [1.54, 1.807) is 0 Å². The molecule has 140 valence electrons. The summed E-state index contributed by atoms with van der Waals surface area (Å²) in [5, 5.41) is 5.46. The summed E-state index contributed by atoms with van der Waals surface area (Å²) in [4.78, 5) is 20.2. The van der Waals surface area contributed by atoms with Crippen LogP contribution in [0.4, 0.5) is 0 Å². The summed E-state index contributed by atoms with van der Waals surface area (Å²) in [5.41, 5.74) is 4.34. The number of benzene rings is 1. The molecule has 1 amide bonds. The second-order valence-electron chi connectivity index (χ2n) is 7.53. The van der Waals surface area contributed by atoms with Gasteiger partial charge in [0, 0.05) is 36.8 Å². The Morgan fingerprint density at radius 3 is 2.67 bits per heavy atom. The van der Waals surface area contributed by atoms with E-state index in [4.69, 9.17) is 4.98 Å². The number of piperidine rings is 1. The molecule has 1 saturated heterocycles. The Balaban J connectivity index is 1.81. The fourth-order valence-electron chi connectivity index (χ4n) is 3.80. The van der Waals surface area contributed by atoms with Crippen LogP contribution in [-0.4, -0.2) is 38.7 Å². The van der Waals surface area contributed by atoms with Crippen LogP contribution in [0.15, 0.2) is 36.5 Å². The van der Waals surface area contributed by atoms with Crippen molar-refractivity contribution in [2.24, 2.45) is 5.92 Å². The number of fused-ring (bicyclic) bond motifs is 1. The van der Waals surface area contributed by atoms with Crippen LogP contribution in [0.5, 0.6) is 0 Å². The van der Waals surface area contributed by atoms with Crippen LogP contribution < -0.4 is 0 Å². The number of hydrogen-bond acceptors (Lipinski definition) is 3. The topological polar surface area (TPSA) is 51.0 Å². The Kier molecular flexibility index (Phi) is 4.68. The fourth-order valence-corrected chi connectivity index (χ4v) is 3.80. The lowest BCUT2D eigenvalue weighted by atomic mass is 9.97. The molecule has 0 spiro atoms. The Hall–Kier alpha value is -2.69. The Bertz CT molecular complexity index is 983. The normalized spacial score (nSPS) is 15.4. The Morgan fingerprint density at radius 2 is 1.96 bits per heavy atom. The van der Waals surface area contributed by atoms with Crippen LogP contribution in [0.1, 0.15) is 42.7 Å². The summed E-state index contributed by atoms with van der Waals surface area (Å²) in [6.07, 6.45) is 4.16. The van der Waals surface area contributed by atoms with Gasteiger partial charge in [-0.05, 0) is 44.7 Å². The fraction of sp³-hybridized carbons (Fsp3) is 0.409. The molecule has 1 fully saturated rings. The van der Waals surface area contributed by atoms with Crippen molar-refractivity contribution in [1.82, 2.24) is 19.7 Å². The Morgan fingerprint density at radius 1 is 1.22 bits per heavy atom. The van der Waals surface area contributed by atoms with E-state index in [9.17, 15) is 4.79 Å². The molecule has 1 aromatic carbocycles. The lowest BCUT2D eigenvalue weighted by Crippen LogP contribution is -2.38. The minimum atomic E-state index is 0.113. The lowest BCUT2D eigenvalue weighted by Gasteiger charge is -2.30. The first-order chi connectivity index (χ1) is 13.1. The van der Waals surface area contributed by atoms with Gasteiger partial charge in [-0.1, -0.05) is 25.1 Å². The molecule has 2 aromatic heterocycles. The van der Waals surface area contributed by atoms with Gasteiger partial charge in [-0.3, -0.25) is 9.48 Å². The zero-order chi connectivity index (χ0) is 19.0. The summed E-state index contributed by atoms with van der Waals surface area (Å²) in [7, 11) is 0. The molecule has 5 nitrogen and oxygen atoms in total. The first-order valence-electron chi connectivity index (χ1n) is 9.80. The van der Waals surface area contributed by atoms with E-state index in [2.05, 4.69) is 18.9 Å². The molecule has 5 heteroatoms. The average molecular weight is 362 g/mol. The third kappa shape index (κ3) is 3.34. The van der Waals surface area contributed by atoms with E-state index in [-0.39, 0.29) is 5.91 Å². The zero-order valence-electron chi connectivity index (χ0n) is 16.3. The van der Waals surface area contributed by atoms with Crippen molar-refractivity contribution in [2.75, 3.05) is 13.1 Å². The summed E-state index contributed by atoms with van der Waals surface area (Å²) < 4.78 is 1.91. The van der Waals surface area contributed by atoms with E-state index in [1.165, 1.54) is 0 Å². The van der Waals surface area contributed by atoms with Crippen LogP contribution in [0, 0.1) is 12.8 Å². The van der Waals surface area contributed by atoms with Crippen molar-refractivity contribution in [1.29, 1.82) is 0 Å². The Labute approximate surface area is 160 Å². The molecule has 4 rings (SSSR count). The molecule has 0 radical (unpaired) electrons. The maximum Gasteiger partial charge on any atom is 0.254 e. The molecule has 1 aliphatic heterocycles. The number of amides is 1. The van der Waals surface area contributed by atoms with Crippen molar-refractivity contribution in [3.8, 4) is 11.3 Å². The first kappa shape index (κ1) is 17.7.